The molecule has 0 aliphatic carbocycles. The number of hydrogen-bond acceptors (Lipinski definition) is 6. The lowest BCUT2D eigenvalue weighted by Crippen LogP contribution is -2.47. The number of thiol groups is 1. The topological polar surface area (TPSA) is 92.7 Å². The quantitative estimate of drug-likeness (QED) is 0.148. The predicted octanol–water partition coefficient (Wildman–Crippen LogP) is 5.12. The lowest BCUT2D eigenvalue weighted by Gasteiger charge is -2.24. The zero-order valence-electron chi connectivity index (χ0n) is 19.0. The molecule has 0 amide bonds. The molecule has 6 nitrogen and oxygen atoms in total. The summed E-state index contributed by atoms with van der Waals surface area (Å²) in [5.74, 6) is -1.16. The number of ketones is 1. The summed E-state index contributed by atoms with van der Waals surface area (Å²) < 4.78 is 15.5. The summed E-state index contributed by atoms with van der Waals surface area (Å²) in [6.45, 7) is 0. The molecule has 3 aromatic carbocycles. The van der Waals surface area contributed by atoms with Crippen molar-refractivity contribution in [2.45, 2.75) is 18.0 Å². The van der Waals surface area contributed by atoms with E-state index in [0.717, 1.165) is 21.2 Å². The summed E-state index contributed by atoms with van der Waals surface area (Å²) in [6.07, 6.45) is 5.17. The number of carboxylic acid groups (broad SMARTS) is 1. The van der Waals surface area contributed by atoms with Gasteiger partial charge in [-0.05, 0) is 47.0 Å². The van der Waals surface area contributed by atoms with E-state index in [4.69, 9.17) is 0 Å². The van der Waals surface area contributed by atoms with Crippen LogP contribution >= 0.6 is 28.6 Å². The Hall–Kier alpha value is -2.82. The van der Waals surface area contributed by atoms with Crippen LogP contribution in [0.3, 0.4) is 0 Å². The Labute approximate surface area is 226 Å². The fourth-order valence-electron chi connectivity index (χ4n) is 3.68. The van der Waals surface area contributed by atoms with E-state index in [1.165, 1.54) is 10.4 Å². The second-order valence-electron chi connectivity index (χ2n) is 8.05. The van der Waals surface area contributed by atoms with Gasteiger partial charge in [0.15, 0.2) is 17.3 Å². The van der Waals surface area contributed by atoms with Gasteiger partial charge >= 0.3 is 5.97 Å². The van der Waals surface area contributed by atoms with Crippen molar-refractivity contribution in [3.05, 3.63) is 117 Å². The summed E-state index contributed by atoms with van der Waals surface area (Å²) in [4.78, 5) is 24.3. The number of halogens is 1. The molecule has 184 valence electrons. The van der Waals surface area contributed by atoms with Crippen LogP contribution in [0.5, 0.6) is 0 Å². The maximum Gasteiger partial charge on any atom is 0.326 e. The van der Waals surface area contributed by atoms with Crippen molar-refractivity contribution in [2.24, 2.45) is 0 Å². The van der Waals surface area contributed by atoms with Crippen molar-refractivity contribution in [1.82, 2.24) is 9.62 Å². The molecule has 1 fully saturated rings. The maximum atomic E-state index is 13.2. The van der Waals surface area contributed by atoms with Gasteiger partial charge in [0.1, 0.15) is 11.4 Å². The standard InChI is InChI=1S/C27H23BrN2O4S2/c28-22-13-11-21(12-14-22)24(31)15-10-18-6-8-20(9-7-18)17-25-29-27(35)30(36(25)34)23(26(32)33)16-19-4-2-1-3-5-19/h1-15,17,23,27,29,35H,16H2,(H,32,33)/b15-10+,25-17-/t23?,27-,36?/m0/s1. The molecule has 0 saturated carbocycles. The zero-order valence-corrected chi connectivity index (χ0v) is 22.2. The Kier molecular flexibility index (Phi) is 8.71. The Morgan fingerprint density at radius 3 is 2.33 bits per heavy atom. The molecule has 9 heteroatoms. The van der Waals surface area contributed by atoms with Gasteiger partial charge in [-0.15, -0.1) is 12.6 Å². The van der Waals surface area contributed by atoms with Gasteiger partial charge in [0.05, 0.1) is 0 Å². The molecule has 0 radical (unpaired) electrons. The summed E-state index contributed by atoms with van der Waals surface area (Å²) in [6, 6.07) is 22.7. The van der Waals surface area contributed by atoms with Crippen molar-refractivity contribution in [3.63, 3.8) is 0 Å². The van der Waals surface area contributed by atoms with Crippen LogP contribution < -0.4 is 5.32 Å². The number of nitrogens with zero attached hydrogens (tertiary/aromatic N) is 1. The van der Waals surface area contributed by atoms with Crippen LogP contribution in [0.25, 0.3) is 12.2 Å². The van der Waals surface area contributed by atoms with Gasteiger partial charge in [-0.3, -0.25) is 9.59 Å². The highest BCUT2D eigenvalue weighted by molar-refractivity contribution is 9.10. The third-order valence-corrected chi connectivity index (χ3v) is 8.07. The molecule has 3 aromatic rings. The maximum absolute atomic E-state index is 13.2. The van der Waals surface area contributed by atoms with Crippen molar-refractivity contribution >= 4 is 63.8 Å². The average Bonchev–Trinajstić information content (AvgIpc) is 3.15. The van der Waals surface area contributed by atoms with Crippen LogP contribution in [-0.2, 0) is 22.6 Å². The van der Waals surface area contributed by atoms with Crippen LogP contribution in [0.1, 0.15) is 27.0 Å². The highest BCUT2D eigenvalue weighted by Gasteiger charge is 2.47. The van der Waals surface area contributed by atoms with E-state index < -0.39 is 28.9 Å². The first-order valence-electron chi connectivity index (χ1n) is 11.0. The largest absolute Gasteiger partial charge is 0.591 e. The summed E-state index contributed by atoms with van der Waals surface area (Å²) in [7, 11) is 0. The molecular formula is C27H23BrN2O4S2. The molecule has 36 heavy (non-hydrogen) atoms. The third-order valence-electron chi connectivity index (χ3n) is 5.55. The number of carbonyl (C=O) groups excluding carboxylic acids is 1. The first-order chi connectivity index (χ1) is 17.3. The minimum Gasteiger partial charge on any atom is -0.591 e. The molecule has 2 unspecified atom stereocenters. The average molecular weight is 584 g/mol. The molecule has 0 aromatic heterocycles. The Morgan fingerprint density at radius 2 is 1.69 bits per heavy atom. The summed E-state index contributed by atoms with van der Waals surface area (Å²) in [5, 5.41) is 13.2. The molecule has 4 rings (SSSR count). The van der Waals surface area contributed by atoms with E-state index >= 15 is 0 Å². The highest BCUT2D eigenvalue weighted by atomic mass is 79.9. The SMILES string of the molecule is O=C(/C=C/c1ccc(/C=C2/N[C@H](S)N(C(Cc3ccccc3)C(=O)O)[S+]2[O-])cc1)c1ccc(Br)cc1. The second kappa shape index (κ2) is 11.9. The molecule has 1 heterocycles. The molecule has 1 aliphatic heterocycles. The van der Waals surface area contributed by atoms with E-state index in [1.54, 1.807) is 24.3 Å². The lowest BCUT2D eigenvalue weighted by atomic mass is 10.1. The van der Waals surface area contributed by atoms with Crippen molar-refractivity contribution < 1.29 is 19.2 Å². The molecule has 0 spiro atoms. The van der Waals surface area contributed by atoms with Gasteiger partial charge in [0.2, 0.25) is 5.03 Å². The summed E-state index contributed by atoms with van der Waals surface area (Å²) >= 11 is 6.07. The predicted molar refractivity (Wildman–Crippen MR) is 149 cm³/mol. The number of rotatable bonds is 8. The first-order valence-corrected chi connectivity index (χ1v) is 13.4. The Bertz CT molecular complexity index is 1280. The van der Waals surface area contributed by atoms with E-state index in [9.17, 15) is 19.2 Å². The van der Waals surface area contributed by atoms with E-state index in [-0.39, 0.29) is 12.2 Å². The lowest BCUT2D eigenvalue weighted by molar-refractivity contribution is -0.141. The van der Waals surface area contributed by atoms with E-state index in [1.807, 2.05) is 66.7 Å². The van der Waals surface area contributed by atoms with Gasteiger partial charge in [0.25, 0.3) is 0 Å². The number of nitrogens with one attached hydrogen (secondary N) is 1. The first kappa shape index (κ1) is 26.2. The van der Waals surface area contributed by atoms with Crippen LogP contribution in [0, 0.1) is 0 Å². The van der Waals surface area contributed by atoms with Crippen LogP contribution in [0.4, 0.5) is 0 Å². The number of allylic oxidation sites excluding steroid dienone is 1. The zero-order chi connectivity index (χ0) is 25.7. The van der Waals surface area contributed by atoms with Gasteiger partial charge in [-0.2, -0.15) is 0 Å². The van der Waals surface area contributed by atoms with Gasteiger partial charge in [0, 0.05) is 22.5 Å². The minimum atomic E-state index is -1.73. The van der Waals surface area contributed by atoms with Crippen LogP contribution in [-0.4, -0.2) is 37.3 Å². The second-order valence-corrected chi connectivity index (χ2v) is 10.8. The van der Waals surface area contributed by atoms with Crippen LogP contribution in [0.2, 0.25) is 0 Å². The number of carboxylic acids is 1. The van der Waals surface area contributed by atoms with Gasteiger partial charge in [-0.1, -0.05) is 80.9 Å². The smallest absolute Gasteiger partial charge is 0.326 e. The molecule has 0 bridgehead atoms. The Morgan fingerprint density at radius 1 is 1.06 bits per heavy atom. The van der Waals surface area contributed by atoms with Gasteiger partial charge in [-0.25, -0.2) is 0 Å². The normalized spacial score (nSPS) is 19.9. The van der Waals surface area contributed by atoms with Crippen molar-refractivity contribution in [1.29, 1.82) is 0 Å². The molecular weight excluding hydrogens is 560 g/mol. The highest BCUT2D eigenvalue weighted by Crippen LogP contribution is 2.30. The van der Waals surface area contributed by atoms with Crippen molar-refractivity contribution in [3.8, 4) is 0 Å². The number of carbonyl (C=O) groups is 2. The summed E-state index contributed by atoms with van der Waals surface area (Å²) in [5.41, 5.74) is 2.34. The fraction of sp³-hybridized carbons (Fsp3) is 0.111. The fourth-order valence-corrected chi connectivity index (χ4v) is 5.90. The monoisotopic (exact) mass is 582 g/mol. The molecule has 3 atom stereocenters. The third kappa shape index (κ3) is 6.48. The molecule has 1 saturated heterocycles. The number of aliphatic carboxylic acids is 1. The number of benzene rings is 3. The van der Waals surface area contributed by atoms with E-state index in [2.05, 4.69) is 33.9 Å². The number of hydrogen-bond donors (Lipinski definition) is 3. The van der Waals surface area contributed by atoms with Crippen LogP contribution in [0.15, 0.2) is 94.4 Å². The van der Waals surface area contributed by atoms with E-state index in [0.29, 0.717) is 10.6 Å². The molecule has 2 N–H and O–H groups in total. The minimum absolute atomic E-state index is 0.0948. The van der Waals surface area contributed by atoms with Crippen molar-refractivity contribution in [2.75, 3.05) is 0 Å². The molecule has 1 aliphatic rings. The van der Waals surface area contributed by atoms with Gasteiger partial charge < -0.3 is 15.0 Å². The Balaban J connectivity index is 1.45.